The first-order valence-corrected chi connectivity index (χ1v) is 9.89. The van der Waals surface area contributed by atoms with E-state index in [1.165, 1.54) is 5.56 Å². The average Bonchev–Trinajstić information content (AvgIpc) is 3.08. The van der Waals surface area contributed by atoms with Gasteiger partial charge in [0.25, 0.3) is 0 Å². The number of hydrogen-bond donors (Lipinski definition) is 1. The van der Waals surface area contributed by atoms with Crippen LogP contribution in [0.2, 0.25) is 0 Å². The number of nitrogens with one attached hydrogen (secondary N) is 1. The van der Waals surface area contributed by atoms with Crippen molar-refractivity contribution in [2.45, 2.75) is 51.5 Å². The lowest BCUT2D eigenvalue weighted by Crippen LogP contribution is -2.46. The number of piperidine rings is 1. The van der Waals surface area contributed by atoms with E-state index in [-0.39, 0.29) is 30.1 Å². The summed E-state index contributed by atoms with van der Waals surface area (Å²) < 4.78 is 0. The molecule has 0 bridgehead atoms. The van der Waals surface area contributed by atoms with E-state index in [9.17, 15) is 9.59 Å². The molecule has 0 saturated carbocycles. The van der Waals surface area contributed by atoms with Gasteiger partial charge in [-0.3, -0.25) is 9.59 Å². The zero-order chi connectivity index (χ0) is 18.7. The van der Waals surface area contributed by atoms with E-state index in [1.54, 1.807) is 0 Å². The second-order valence-electron chi connectivity index (χ2n) is 7.70. The molecule has 2 heterocycles. The molecule has 0 aliphatic carbocycles. The normalized spacial score (nSPS) is 21.7. The van der Waals surface area contributed by atoms with Gasteiger partial charge >= 0.3 is 0 Å². The zero-order valence-electron chi connectivity index (χ0n) is 16.6. The Bertz CT molecular complexity index is 661. The maximum atomic E-state index is 13.0. The van der Waals surface area contributed by atoms with Crippen molar-refractivity contribution >= 4 is 29.9 Å². The van der Waals surface area contributed by atoms with Crippen LogP contribution in [0.1, 0.15) is 51.0 Å². The summed E-state index contributed by atoms with van der Waals surface area (Å²) in [7, 11) is 1.90. The van der Waals surface area contributed by atoms with E-state index < -0.39 is 0 Å². The molecule has 3 rings (SSSR count). The SMILES string of the molecule is CCC(C)c1ccccc1N1CC(C(=O)N(C)C2CCNCC2)CC1=O.Cl. The largest absolute Gasteiger partial charge is 0.342 e. The maximum Gasteiger partial charge on any atom is 0.228 e. The van der Waals surface area contributed by atoms with Gasteiger partial charge in [-0.15, -0.1) is 12.4 Å². The number of nitrogens with zero attached hydrogens (tertiary/aromatic N) is 2. The first-order valence-electron chi connectivity index (χ1n) is 9.89. The Labute approximate surface area is 168 Å². The Balaban J connectivity index is 0.00000261. The molecule has 1 aromatic carbocycles. The third-order valence-corrected chi connectivity index (χ3v) is 6.05. The summed E-state index contributed by atoms with van der Waals surface area (Å²) in [4.78, 5) is 29.4. The van der Waals surface area contributed by atoms with Gasteiger partial charge < -0.3 is 15.1 Å². The topological polar surface area (TPSA) is 52.7 Å². The highest BCUT2D eigenvalue weighted by Gasteiger charge is 2.38. The zero-order valence-corrected chi connectivity index (χ0v) is 17.4. The highest BCUT2D eigenvalue weighted by Crippen LogP contribution is 2.34. The number of carbonyl (C=O) groups excluding carboxylic acids is 2. The van der Waals surface area contributed by atoms with Crippen LogP contribution in [-0.4, -0.2) is 49.4 Å². The lowest BCUT2D eigenvalue weighted by atomic mass is 9.96. The minimum atomic E-state index is -0.229. The highest BCUT2D eigenvalue weighted by atomic mass is 35.5. The molecular weight excluding hydrogens is 362 g/mol. The van der Waals surface area contributed by atoms with E-state index in [4.69, 9.17) is 0 Å². The molecule has 150 valence electrons. The smallest absolute Gasteiger partial charge is 0.228 e. The van der Waals surface area contributed by atoms with Gasteiger partial charge in [0, 0.05) is 31.7 Å². The average molecular weight is 394 g/mol. The van der Waals surface area contributed by atoms with Gasteiger partial charge in [-0.25, -0.2) is 0 Å². The molecule has 0 aromatic heterocycles. The fourth-order valence-electron chi connectivity index (χ4n) is 4.14. The molecule has 1 aromatic rings. The minimum absolute atomic E-state index is 0. The fraction of sp³-hybridized carbons (Fsp3) is 0.619. The van der Waals surface area contributed by atoms with E-state index in [1.807, 2.05) is 35.0 Å². The third kappa shape index (κ3) is 4.64. The van der Waals surface area contributed by atoms with Gasteiger partial charge in [0.05, 0.1) is 5.92 Å². The molecule has 2 atom stereocenters. The van der Waals surface area contributed by atoms with E-state index in [0.717, 1.165) is 38.0 Å². The molecule has 2 fully saturated rings. The number of carbonyl (C=O) groups is 2. The molecule has 2 saturated heterocycles. The minimum Gasteiger partial charge on any atom is -0.342 e. The van der Waals surface area contributed by atoms with Gasteiger partial charge in [-0.05, 0) is 49.9 Å². The molecule has 0 spiro atoms. The molecular formula is C21H32ClN3O2. The second-order valence-corrected chi connectivity index (χ2v) is 7.70. The van der Waals surface area contributed by atoms with Crippen LogP contribution >= 0.6 is 12.4 Å². The molecule has 0 radical (unpaired) electrons. The van der Waals surface area contributed by atoms with E-state index >= 15 is 0 Å². The van der Waals surface area contributed by atoms with Crippen molar-refractivity contribution < 1.29 is 9.59 Å². The van der Waals surface area contributed by atoms with Crippen LogP contribution in [0.4, 0.5) is 5.69 Å². The molecule has 2 aliphatic rings. The molecule has 5 nitrogen and oxygen atoms in total. The number of anilines is 1. The van der Waals surface area contributed by atoms with Gasteiger partial charge in [0.1, 0.15) is 0 Å². The monoisotopic (exact) mass is 393 g/mol. The molecule has 2 aliphatic heterocycles. The van der Waals surface area contributed by atoms with Crippen LogP contribution in [-0.2, 0) is 9.59 Å². The summed E-state index contributed by atoms with van der Waals surface area (Å²) in [5, 5.41) is 3.34. The summed E-state index contributed by atoms with van der Waals surface area (Å²) >= 11 is 0. The van der Waals surface area contributed by atoms with Crippen LogP contribution in [0.5, 0.6) is 0 Å². The standard InChI is InChI=1S/C21H31N3O2.ClH/c1-4-15(2)18-7-5-6-8-19(18)24-14-16(13-20(24)25)21(26)23(3)17-9-11-22-12-10-17;/h5-8,15-17,22H,4,9-14H2,1-3H3;1H. The van der Waals surface area contributed by atoms with Crippen molar-refractivity contribution in [2.75, 3.05) is 31.6 Å². The lowest BCUT2D eigenvalue weighted by Gasteiger charge is -2.33. The summed E-state index contributed by atoms with van der Waals surface area (Å²) in [5.74, 6) is 0.352. The van der Waals surface area contributed by atoms with Crippen LogP contribution < -0.4 is 10.2 Å². The second kappa shape index (κ2) is 9.56. The van der Waals surface area contributed by atoms with Crippen molar-refractivity contribution in [3.63, 3.8) is 0 Å². The fourth-order valence-corrected chi connectivity index (χ4v) is 4.14. The quantitative estimate of drug-likeness (QED) is 0.835. The summed E-state index contributed by atoms with van der Waals surface area (Å²) in [6.45, 7) is 6.77. The number of amides is 2. The molecule has 1 N–H and O–H groups in total. The van der Waals surface area contributed by atoms with Crippen molar-refractivity contribution in [2.24, 2.45) is 5.92 Å². The Morgan fingerprint density at radius 2 is 1.96 bits per heavy atom. The predicted molar refractivity (Wildman–Crippen MR) is 112 cm³/mol. The van der Waals surface area contributed by atoms with Crippen LogP contribution in [0, 0.1) is 5.92 Å². The van der Waals surface area contributed by atoms with E-state index in [0.29, 0.717) is 24.9 Å². The molecule has 2 amide bonds. The number of hydrogen-bond acceptors (Lipinski definition) is 3. The first kappa shape index (κ1) is 21.7. The number of halogens is 1. The van der Waals surface area contributed by atoms with Gasteiger partial charge in [0.2, 0.25) is 11.8 Å². The molecule has 6 heteroatoms. The summed E-state index contributed by atoms with van der Waals surface area (Å²) in [5.41, 5.74) is 2.18. The van der Waals surface area contributed by atoms with Crippen molar-refractivity contribution in [1.82, 2.24) is 10.2 Å². The van der Waals surface area contributed by atoms with Gasteiger partial charge in [0.15, 0.2) is 0 Å². The Morgan fingerprint density at radius 1 is 1.30 bits per heavy atom. The van der Waals surface area contributed by atoms with Crippen LogP contribution in [0.3, 0.4) is 0 Å². The number of benzene rings is 1. The Morgan fingerprint density at radius 3 is 2.63 bits per heavy atom. The summed E-state index contributed by atoms with van der Waals surface area (Å²) in [6.07, 6.45) is 3.33. The van der Waals surface area contributed by atoms with Crippen molar-refractivity contribution in [3.05, 3.63) is 29.8 Å². The third-order valence-electron chi connectivity index (χ3n) is 6.05. The number of para-hydroxylation sites is 1. The molecule has 27 heavy (non-hydrogen) atoms. The van der Waals surface area contributed by atoms with Crippen molar-refractivity contribution in [1.29, 1.82) is 0 Å². The highest BCUT2D eigenvalue weighted by molar-refractivity contribution is 6.00. The van der Waals surface area contributed by atoms with Gasteiger partial charge in [-0.1, -0.05) is 32.0 Å². The first-order chi connectivity index (χ1) is 12.5. The Kier molecular flexibility index (Phi) is 7.68. The Hall–Kier alpha value is -1.59. The summed E-state index contributed by atoms with van der Waals surface area (Å²) in [6, 6.07) is 8.42. The van der Waals surface area contributed by atoms with Crippen molar-refractivity contribution in [3.8, 4) is 0 Å². The van der Waals surface area contributed by atoms with Gasteiger partial charge in [-0.2, -0.15) is 0 Å². The van der Waals surface area contributed by atoms with Crippen LogP contribution in [0.25, 0.3) is 0 Å². The number of rotatable bonds is 5. The lowest BCUT2D eigenvalue weighted by molar-refractivity contribution is -0.137. The maximum absolute atomic E-state index is 13.0. The van der Waals surface area contributed by atoms with E-state index in [2.05, 4.69) is 25.2 Å². The molecule has 2 unspecified atom stereocenters. The predicted octanol–water partition coefficient (Wildman–Crippen LogP) is 3.19. The van der Waals surface area contributed by atoms with Crippen LogP contribution in [0.15, 0.2) is 24.3 Å².